The minimum Gasteiger partial charge on any atom is -0.271 e. The Labute approximate surface area is 93.4 Å². The van der Waals surface area contributed by atoms with Crippen LogP contribution in [0.25, 0.3) is 0 Å². The van der Waals surface area contributed by atoms with Crippen molar-refractivity contribution >= 4 is 11.8 Å². The summed E-state index contributed by atoms with van der Waals surface area (Å²) in [6.45, 7) is 2.25. The van der Waals surface area contributed by atoms with E-state index in [1.807, 2.05) is 11.8 Å². The molecule has 0 aliphatic heterocycles. The van der Waals surface area contributed by atoms with Gasteiger partial charge in [0.2, 0.25) is 0 Å². The monoisotopic (exact) mass is 218 g/mol. The van der Waals surface area contributed by atoms with Crippen LogP contribution >= 0.6 is 11.8 Å². The number of nitrogens with one attached hydrogen (secondary N) is 1. The first-order valence-corrected chi connectivity index (χ1v) is 7.19. The average Bonchev–Trinajstić information content (AvgIpc) is 2.22. The summed E-state index contributed by atoms with van der Waals surface area (Å²) in [5, 5.41) is 0. The van der Waals surface area contributed by atoms with Crippen LogP contribution in [0.3, 0.4) is 0 Å². The molecule has 14 heavy (non-hydrogen) atoms. The second-order valence-corrected chi connectivity index (χ2v) is 4.83. The summed E-state index contributed by atoms with van der Waals surface area (Å²) in [6, 6.07) is 0.532. The Kier molecular flexibility index (Phi) is 11.6. The number of unbranched alkanes of at least 4 members (excludes halogenated alkanes) is 4. The Hall–Kier alpha value is 0.270. The molecule has 2 nitrogen and oxygen atoms in total. The smallest absolute Gasteiger partial charge is 0.0218 e. The quantitative estimate of drug-likeness (QED) is 0.336. The molecule has 0 aromatic rings. The predicted octanol–water partition coefficient (Wildman–Crippen LogP) is 2.93. The summed E-state index contributed by atoms with van der Waals surface area (Å²) in [4.78, 5) is 0. The normalized spacial score (nSPS) is 13.1. The van der Waals surface area contributed by atoms with Crippen molar-refractivity contribution in [2.24, 2.45) is 5.84 Å². The molecule has 0 saturated heterocycles. The van der Waals surface area contributed by atoms with Crippen molar-refractivity contribution in [3.63, 3.8) is 0 Å². The van der Waals surface area contributed by atoms with Crippen LogP contribution in [-0.4, -0.2) is 18.1 Å². The second kappa shape index (κ2) is 11.3. The fourth-order valence-corrected chi connectivity index (χ4v) is 2.09. The van der Waals surface area contributed by atoms with Gasteiger partial charge in [-0.3, -0.25) is 11.3 Å². The molecule has 0 aliphatic carbocycles. The Morgan fingerprint density at radius 3 is 2.43 bits per heavy atom. The molecule has 0 amide bonds. The summed E-state index contributed by atoms with van der Waals surface area (Å²) in [7, 11) is 0. The number of rotatable bonds is 10. The van der Waals surface area contributed by atoms with Gasteiger partial charge in [0.15, 0.2) is 0 Å². The van der Waals surface area contributed by atoms with Crippen LogP contribution in [0.4, 0.5) is 0 Å². The summed E-state index contributed by atoms with van der Waals surface area (Å²) < 4.78 is 0. The third-order valence-corrected chi connectivity index (χ3v) is 3.21. The molecule has 1 unspecified atom stereocenters. The van der Waals surface area contributed by atoms with E-state index in [1.54, 1.807) is 0 Å². The van der Waals surface area contributed by atoms with E-state index in [2.05, 4.69) is 18.6 Å². The molecule has 0 radical (unpaired) electrons. The Morgan fingerprint density at radius 2 is 1.86 bits per heavy atom. The highest BCUT2D eigenvalue weighted by molar-refractivity contribution is 7.98. The van der Waals surface area contributed by atoms with E-state index in [1.165, 1.54) is 50.7 Å². The van der Waals surface area contributed by atoms with Gasteiger partial charge < -0.3 is 0 Å². The van der Waals surface area contributed by atoms with Crippen molar-refractivity contribution in [1.29, 1.82) is 0 Å². The number of hydrogen-bond donors (Lipinski definition) is 2. The van der Waals surface area contributed by atoms with Crippen molar-refractivity contribution in [3.8, 4) is 0 Å². The summed E-state index contributed by atoms with van der Waals surface area (Å²) >= 11 is 1.90. The Morgan fingerprint density at radius 1 is 1.14 bits per heavy atom. The molecule has 3 N–H and O–H groups in total. The molecule has 0 aromatic heterocycles. The molecular formula is C11H26N2S. The van der Waals surface area contributed by atoms with Crippen molar-refractivity contribution < 1.29 is 0 Å². The van der Waals surface area contributed by atoms with E-state index >= 15 is 0 Å². The van der Waals surface area contributed by atoms with Gasteiger partial charge in [0.25, 0.3) is 0 Å². The van der Waals surface area contributed by atoms with Crippen molar-refractivity contribution in [2.45, 2.75) is 57.9 Å². The van der Waals surface area contributed by atoms with E-state index in [9.17, 15) is 0 Å². The van der Waals surface area contributed by atoms with Gasteiger partial charge in [-0.05, 0) is 24.9 Å². The van der Waals surface area contributed by atoms with Crippen LogP contribution in [0, 0.1) is 0 Å². The molecule has 86 valence electrons. The molecular weight excluding hydrogens is 192 g/mol. The largest absolute Gasteiger partial charge is 0.271 e. The number of thioether (sulfide) groups is 1. The van der Waals surface area contributed by atoms with E-state index < -0.39 is 0 Å². The van der Waals surface area contributed by atoms with Gasteiger partial charge in [-0.25, -0.2) is 0 Å². The lowest BCUT2D eigenvalue weighted by molar-refractivity contribution is 0.455. The summed E-state index contributed by atoms with van der Waals surface area (Å²) in [6.07, 6.45) is 11.4. The molecule has 0 fully saturated rings. The van der Waals surface area contributed by atoms with Crippen molar-refractivity contribution in [1.82, 2.24) is 5.43 Å². The molecule has 0 aliphatic rings. The number of hydrogen-bond acceptors (Lipinski definition) is 3. The van der Waals surface area contributed by atoms with Crippen molar-refractivity contribution in [3.05, 3.63) is 0 Å². The van der Waals surface area contributed by atoms with Crippen LogP contribution in [0.1, 0.15) is 51.9 Å². The Bertz CT molecular complexity index is 109. The van der Waals surface area contributed by atoms with E-state index in [0.29, 0.717) is 6.04 Å². The number of hydrazine groups is 1. The molecule has 1 atom stereocenters. The maximum Gasteiger partial charge on any atom is 0.0218 e. The van der Waals surface area contributed by atoms with Gasteiger partial charge in [-0.15, -0.1) is 0 Å². The first kappa shape index (κ1) is 14.3. The van der Waals surface area contributed by atoms with Gasteiger partial charge >= 0.3 is 0 Å². The molecule has 0 bridgehead atoms. The summed E-state index contributed by atoms with van der Waals surface area (Å²) in [5.74, 6) is 6.71. The van der Waals surface area contributed by atoms with Gasteiger partial charge in [0.05, 0.1) is 0 Å². The van der Waals surface area contributed by atoms with Gasteiger partial charge in [-0.2, -0.15) is 11.8 Å². The van der Waals surface area contributed by atoms with Gasteiger partial charge in [-0.1, -0.05) is 39.0 Å². The standard InChI is InChI=1S/C11H26N2S/c1-3-4-5-6-7-8-11(13-12)9-10-14-2/h11,13H,3-10,12H2,1-2H3. The number of nitrogens with two attached hydrogens (primary N) is 1. The maximum atomic E-state index is 5.50. The first-order chi connectivity index (χ1) is 6.85. The lowest BCUT2D eigenvalue weighted by Gasteiger charge is -2.14. The topological polar surface area (TPSA) is 38.0 Å². The van der Waals surface area contributed by atoms with E-state index in [0.717, 1.165) is 0 Å². The Balaban J connectivity index is 3.24. The molecule has 0 rings (SSSR count). The van der Waals surface area contributed by atoms with Crippen LogP contribution in [0.5, 0.6) is 0 Å². The van der Waals surface area contributed by atoms with Gasteiger partial charge in [0, 0.05) is 6.04 Å². The lowest BCUT2D eigenvalue weighted by atomic mass is 10.1. The second-order valence-electron chi connectivity index (χ2n) is 3.85. The highest BCUT2D eigenvalue weighted by atomic mass is 32.2. The van der Waals surface area contributed by atoms with Crippen LogP contribution in [0.2, 0.25) is 0 Å². The van der Waals surface area contributed by atoms with Crippen LogP contribution < -0.4 is 11.3 Å². The first-order valence-electron chi connectivity index (χ1n) is 5.80. The highest BCUT2D eigenvalue weighted by Gasteiger charge is 2.04. The minimum atomic E-state index is 0.532. The zero-order chi connectivity index (χ0) is 10.6. The molecule has 3 heteroatoms. The lowest BCUT2D eigenvalue weighted by Crippen LogP contribution is -2.35. The molecule has 0 aromatic carbocycles. The molecule has 0 spiro atoms. The van der Waals surface area contributed by atoms with Gasteiger partial charge in [0.1, 0.15) is 0 Å². The summed E-state index contributed by atoms with van der Waals surface area (Å²) in [5.41, 5.74) is 2.91. The van der Waals surface area contributed by atoms with Crippen LogP contribution in [-0.2, 0) is 0 Å². The fraction of sp³-hybridized carbons (Fsp3) is 1.00. The SMILES string of the molecule is CCCCCCCC(CCSC)NN. The fourth-order valence-electron chi connectivity index (χ4n) is 1.57. The van der Waals surface area contributed by atoms with Crippen molar-refractivity contribution in [2.75, 3.05) is 12.0 Å². The minimum absolute atomic E-state index is 0.532. The third-order valence-electron chi connectivity index (χ3n) is 2.56. The van der Waals surface area contributed by atoms with E-state index in [-0.39, 0.29) is 0 Å². The zero-order valence-corrected chi connectivity index (χ0v) is 10.5. The average molecular weight is 218 g/mol. The third kappa shape index (κ3) is 8.85. The molecule has 0 heterocycles. The highest BCUT2D eigenvalue weighted by Crippen LogP contribution is 2.10. The maximum absolute atomic E-state index is 5.50. The van der Waals surface area contributed by atoms with E-state index in [4.69, 9.17) is 5.84 Å². The van der Waals surface area contributed by atoms with Crippen LogP contribution in [0.15, 0.2) is 0 Å². The molecule has 0 saturated carbocycles. The zero-order valence-electron chi connectivity index (χ0n) is 9.72. The predicted molar refractivity (Wildman–Crippen MR) is 67.5 cm³/mol.